The predicted molar refractivity (Wildman–Crippen MR) is 57.4 cm³/mol. The van der Waals surface area contributed by atoms with E-state index in [0.29, 0.717) is 6.54 Å². The minimum Gasteiger partial charge on any atom is -0.351 e. The van der Waals surface area contributed by atoms with Crippen LogP contribution in [0.15, 0.2) is 24.5 Å². The van der Waals surface area contributed by atoms with E-state index in [-0.39, 0.29) is 5.91 Å². The van der Waals surface area contributed by atoms with Crippen molar-refractivity contribution in [3.63, 3.8) is 0 Å². The molecule has 1 N–H and O–H groups in total. The van der Waals surface area contributed by atoms with E-state index in [0.717, 1.165) is 16.9 Å². The largest absolute Gasteiger partial charge is 0.351 e. The van der Waals surface area contributed by atoms with Gasteiger partial charge in [0.25, 0.3) is 0 Å². The molecule has 4 heteroatoms. The minimum atomic E-state index is -0.0382. The normalized spacial score (nSPS) is 10.5. The Morgan fingerprint density at radius 2 is 2.40 bits per heavy atom. The number of fused-ring (bicyclic) bond motifs is 1. The van der Waals surface area contributed by atoms with Crippen LogP contribution in [0.5, 0.6) is 0 Å². The summed E-state index contributed by atoms with van der Waals surface area (Å²) in [5.74, 6) is -0.0382. The van der Waals surface area contributed by atoms with Crippen LogP contribution in [0.4, 0.5) is 0 Å². The Kier molecular flexibility index (Phi) is 2.41. The third-order valence-electron chi connectivity index (χ3n) is 2.25. The van der Waals surface area contributed by atoms with Gasteiger partial charge < -0.3 is 9.72 Å². The van der Waals surface area contributed by atoms with Gasteiger partial charge in [-0.05, 0) is 18.6 Å². The Morgan fingerprint density at radius 3 is 3.07 bits per heavy atom. The number of aromatic nitrogens is 2. The zero-order valence-electron chi connectivity index (χ0n) is 8.82. The summed E-state index contributed by atoms with van der Waals surface area (Å²) in [5, 5.41) is 2.73. The monoisotopic (exact) mass is 203 g/mol. The van der Waals surface area contributed by atoms with Gasteiger partial charge in [-0.25, -0.2) is 4.98 Å². The van der Waals surface area contributed by atoms with Crippen LogP contribution in [-0.4, -0.2) is 15.3 Å². The summed E-state index contributed by atoms with van der Waals surface area (Å²) in [6, 6.07) is 4.00. The highest BCUT2D eigenvalue weighted by Gasteiger charge is 2.03. The van der Waals surface area contributed by atoms with Gasteiger partial charge in [-0.15, -0.1) is 0 Å². The van der Waals surface area contributed by atoms with Crippen LogP contribution in [-0.2, 0) is 11.3 Å². The molecule has 4 nitrogen and oxygen atoms in total. The van der Waals surface area contributed by atoms with Crippen molar-refractivity contribution < 1.29 is 4.79 Å². The van der Waals surface area contributed by atoms with Gasteiger partial charge in [-0.3, -0.25) is 4.79 Å². The van der Waals surface area contributed by atoms with Crippen molar-refractivity contribution in [3.05, 3.63) is 35.8 Å². The molecule has 0 unspecified atom stereocenters. The molecule has 0 saturated carbocycles. The molecule has 2 aromatic heterocycles. The summed E-state index contributed by atoms with van der Waals surface area (Å²) in [7, 11) is 0. The first-order valence-corrected chi connectivity index (χ1v) is 4.84. The predicted octanol–water partition coefficient (Wildman–Crippen LogP) is 1.28. The van der Waals surface area contributed by atoms with E-state index < -0.39 is 0 Å². The quantitative estimate of drug-likeness (QED) is 0.799. The Hall–Kier alpha value is -1.84. The lowest BCUT2D eigenvalue weighted by Gasteiger charge is -1.95. The number of carbonyl (C=O) groups is 1. The van der Waals surface area contributed by atoms with E-state index in [9.17, 15) is 4.79 Å². The second kappa shape index (κ2) is 3.73. The molecule has 0 radical (unpaired) electrons. The number of hydrogen-bond donors (Lipinski definition) is 1. The standard InChI is InChI=1S/C11H13N3O/c1-8-4-3-5-14-7-10(13-11(8)14)6-12-9(2)15/h3-5,7H,6H2,1-2H3,(H,12,15). The molecule has 0 aliphatic heterocycles. The molecule has 0 aliphatic rings. The van der Waals surface area contributed by atoms with Crippen LogP contribution >= 0.6 is 0 Å². The molecule has 0 spiro atoms. The van der Waals surface area contributed by atoms with E-state index in [1.165, 1.54) is 6.92 Å². The van der Waals surface area contributed by atoms with Gasteiger partial charge >= 0.3 is 0 Å². The summed E-state index contributed by atoms with van der Waals surface area (Å²) in [4.78, 5) is 15.2. The average molecular weight is 203 g/mol. The van der Waals surface area contributed by atoms with Gasteiger partial charge in [0, 0.05) is 19.3 Å². The smallest absolute Gasteiger partial charge is 0.217 e. The van der Waals surface area contributed by atoms with Crippen molar-refractivity contribution in [2.45, 2.75) is 20.4 Å². The van der Waals surface area contributed by atoms with Crippen molar-refractivity contribution in [2.24, 2.45) is 0 Å². The van der Waals surface area contributed by atoms with Crippen LogP contribution in [0.2, 0.25) is 0 Å². The molecule has 2 heterocycles. The molecule has 0 aliphatic carbocycles. The molecule has 2 aromatic rings. The second-order valence-corrected chi connectivity index (χ2v) is 3.56. The Bertz CT molecular complexity index is 502. The molecular formula is C11H13N3O. The highest BCUT2D eigenvalue weighted by Crippen LogP contribution is 2.09. The fourth-order valence-corrected chi connectivity index (χ4v) is 1.50. The van der Waals surface area contributed by atoms with E-state index in [2.05, 4.69) is 10.3 Å². The van der Waals surface area contributed by atoms with Crippen molar-refractivity contribution in [1.82, 2.24) is 14.7 Å². The second-order valence-electron chi connectivity index (χ2n) is 3.56. The molecule has 0 bridgehead atoms. The maximum Gasteiger partial charge on any atom is 0.217 e. The summed E-state index contributed by atoms with van der Waals surface area (Å²) in [5.41, 5.74) is 2.95. The summed E-state index contributed by atoms with van der Waals surface area (Å²) in [6.07, 6.45) is 3.88. The number of nitrogens with one attached hydrogen (secondary N) is 1. The third kappa shape index (κ3) is 1.98. The number of pyridine rings is 1. The van der Waals surface area contributed by atoms with Crippen LogP contribution in [0.25, 0.3) is 5.65 Å². The van der Waals surface area contributed by atoms with Gasteiger partial charge in [0.15, 0.2) is 0 Å². The zero-order valence-corrected chi connectivity index (χ0v) is 8.82. The van der Waals surface area contributed by atoms with Gasteiger partial charge in [0.05, 0.1) is 12.2 Å². The highest BCUT2D eigenvalue weighted by atomic mass is 16.1. The van der Waals surface area contributed by atoms with Crippen LogP contribution in [0.1, 0.15) is 18.2 Å². The first-order valence-electron chi connectivity index (χ1n) is 4.84. The van der Waals surface area contributed by atoms with E-state index in [1.807, 2.05) is 35.9 Å². The molecule has 0 aromatic carbocycles. The lowest BCUT2D eigenvalue weighted by molar-refractivity contribution is -0.119. The first kappa shape index (κ1) is 9.71. The van der Waals surface area contributed by atoms with Crippen molar-refractivity contribution in [1.29, 1.82) is 0 Å². The molecular weight excluding hydrogens is 190 g/mol. The lowest BCUT2D eigenvalue weighted by Crippen LogP contribution is -2.18. The number of rotatable bonds is 2. The number of aryl methyl sites for hydroxylation is 1. The third-order valence-corrected chi connectivity index (χ3v) is 2.25. The molecule has 0 fully saturated rings. The fraction of sp³-hybridized carbons (Fsp3) is 0.273. The molecule has 1 amide bonds. The first-order chi connectivity index (χ1) is 7.16. The number of nitrogens with zero attached hydrogens (tertiary/aromatic N) is 2. The molecule has 0 saturated heterocycles. The molecule has 15 heavy (non-hydrogen) atoms. The van der Waals surface area contributed by atoms with E-state index in [1.54, 1.807) is 0 Å². The minimum absolute atomic E-state index is 0.0382. The molecule has 78 valence electrons. The highest BCUT2D eigenvalue weighted by molar-refractivity contribution is 5.72. The SMILES string of the molecule is CC(=O)NCc1cn2cccc(C)c2n1. The van der Waals surface area contributed by atoms with Gasteiger partial charge in [-0.1, -0.05) is 6.07 Å². The number of imidazole rings is 1. The van der Waals surface area contributed by atoms with Crippen LogP contribution in [0.3, 0.4) is 0 Å². The van der Waals surface area contributed by atoms with E-state index >= 15 is 0 Å². The fourth-order valence-electron chi connectivity index (χ4n) is 1.50. The van der Waals surface area contributed by atoms with E-state index in [4.69, 9.17) is 0 Å². The van der Waals surface area contributed by atoms with Gasteiger partial charge in [-0.2, -0.15) is 0 Å². The van der Waals surface area contributed by atoms with Gasteiger partial charge in [0.1, 0.15) is 5.65 Å². The number of carbonyl (C=O) groups excluding carboxylic acids is 1. The Balaban J connectivity index is 2.31. The number of hydrogen-bond acceptors (Lipinski definition) is 2. The van der Waals surface area contributed by atoms with Crippen molar-refractivity contribution in [2.75, 3.05) is 0 Å². The Morgan fingerprint density at radius 1 is 1.60 bits per heavy atom. The summed E-state index contributed by atoms with van der Waals surface area (Å²) in [6.45, 7) is 4.00. The van der Waals surface area contributed by atoms with Crippen LogP contribution < -0.4 is 5.32 Å². The van der Waals surface area contributed by atoms with Crippen molar-refractivity contribution in [3.8, 4) is 0 Å². The maximum atomic E-state index is 10.8. The topological polar surface area (TPSA) is 46.4 Å². The Labute approximate surface area is 87.9 Å². The molecule has 0 atom stereocenters. The van der Waals surface area contributed by atoms with Crippen molar-refractivity contribution >= 4 is 11.6 Å². The summed E-state index contributed by atoms with van der Waals surface area (Å²) >= 11 is 0. The van der Waals surface area contributed by atoms with Crippen LogP contribution in [0, 0.1) is 6.92 Å². The summed E-state index contributed by atoms with van der Waals surface area (Å²) < 4.78 is 1.96. The maximum absolute atomic E-state index is 10.8. The molecule has 2 rings (SSSR count). The van der Waals surface area contributed by atoms with Gasteiger partial charge in [0.2, 0.25) is 5.91 Å². The zero-order chi connectivity index (χ0) is 10.8. The average Bonchev–Trinajstić information content (AvgIpc) is 2.59. The number of amides is 1. The lowest BCUT2D eigenvalue weighted by atomic mass is 10.3.